The zero-order valence-corrected chi connectivity index (χ0v) is 14.3. The highest BCUT2D eigenvalue weighted by molar-refractivity contribution is 5.86. The van der Waals surface area contributed by atoms with Crippen LogP contribution in [0.2, 0.25) is 0 Å². The average Bonchev–Trinajstić information content (AvgIpc) is 2.66. The molecule has 0 aromatic heterocycles. The van der Waals surface area contributed by atoms with E-state index in [1.807, 2.05) is 42.5 Å². The number of hydrogen-bond donors (Lipinski definition) is 2. The average molecular weight is 335 g/mol. The molecule has 0 aliphatic heterocycles. The quantitative estimate of drug-likeness (QED) is 0.677. The topological polar surface area (TPSA) is 58.6 Å². The summed E-state index contributed by atoms with van der Waals surface area (Å²) in [5.74, 6) is -1.03. The van der Waals surface area contributed by atoms with Crippen molar-refractivity contribution in [1.82, 2.24) is 0 Å². The molecule has 0 aliphatic rings. The van der Waals surface area contributed by atoms with Gasteiger partial charge in [-0.25, -0.2) is 0 Å². The van der Waals surface area contributed by atoms with E-state index in [1.165, 1.54) is 17.9 Å². The van der Waals surface area contributed by atoms with Crippen molar-refractivity contribution in [2.45, 2.75) is 13.0 Å². The maximum absolute atomic E-state index is 11.5. The van der Waals surface area contributed by atoms with Gasteiger partial charge in [0, 0.05) is 11.4 Å². The lowest BCUT2D eigenvalue weighted by Crippen LogP contribution is -2.20. The number of aliphatic hydroxyl groups excluding tert-OH is 1. The first kappa shape index (κ1) is 17.0. The number of anilines is 2. The molecular weight excluding hydrogens is 314 g/mol. The number of fused-ring (bicyclic) bond motifs is 1. The molecule has 0 fully saturated rings. The first-order valence-corrected chi connectivity index (χ1v) is 8.20. The summed E-state index contributed by atoms with van der Waals surface area (Å²) in [6, 6.07) is 21.8. The van der Waals surface area contributed by atoms with E-state index >= 15 is 0 Å². The van der Waals surface area contributed by atoms with Crippen LogP contribution in [0.1, 0.15) is 18.6 Å². The Morgan fingerprint density at radius 2 is 1.60 bits per heavy atom. The Morgan fingerprint density at radius 3 is 2.28 bits per heavy atom. The lowest BCUT2D eigenvalue weighted by Gasteiger charge is -2.17. The summed E-state index contributed by atoms with van der Waals surface area (Å²) in [7, 11) is 1.32. The van der Waals surface area contributed by atoms with E-state index in [-0.39, 0.29) is 0 Å². The Kier molecular flexibility index (Phi) is 5.00. The summed E-state index contributed by atoms with van der Waals surface area (Å²) < 4.78 is 4.68. The molecule has 0 unspecified atom stereocenters. The molecule has 0 amide bonds. The molecule has 0 aliphatic carbocycles. The SMILES string of the molecule is COC(=O)[C@H](C)[C@@H](O)c1ccc(Nc2ccc3ccccc3c2)cc1. The van der Waals surface area contributed by atoms with Gasteiger partial charge in [-0.05, 0) is 47.5 Å². The third-order valence-electron chi connectivity index (χ3n) is 4.34. The van der Waals surface area contributed by atoms with Crippen LogP contribution in [0.5, 0.6) is 0 Å². The van der Waals surface area contributed by atoms with E-state index in [0.29, 0.717) is 5.56 Å². The molecule has 0 spiro atoms. The molecule has 0 saturated heterocycles. The minimum absolute atomic E-state index is 0.425. The van der Waals surface area contributed by atoms with Crippen LogP contribution in [0, 0.1) is 5.92 Å². The van der Waals surface area contributed by atoms with Crippen molar-refractivity contribution in [3.63, 3.8) is 0 Å². The van der Waals surface area contributed by atoms with E-state index in [2.05, 4.69) is 34.3 Å². The predicted molar refractivity (Wildman–Crippen MR) is 99.8 cm³/mol. The van der Waals surface area contributed by atoms with Crippen LogP contribution in [0.25, 0.3) is 10.8 Å². The molecule has 4 heteroatoms. The summed E-state index contributed by atoms with van der Waals surface area (Å²) in [6.45, 7) is 1.65. The van der Waals surface area contributed by atoms with Crippen LogP contribution in [0.15, 0.2) is 66.7 Å². The summed E-state index contributed by atoms with van der Waals surface area (Å²) in [6.07, 6.45) is -0.887. The number of carbonyl (C=O) groups excluding carboxylic acids is 1. The van der Waals surface area contributed by atoms with Crippen molar-refractivity contribution in [2.75, 3.05) is 12.4 Å². The lowest BCUT2D eigenvalue weighted by atomic mass is 9.97. The van der Waals surface area contributed by atoms with Crippen LogP contribution in [0.3, 0.4) is 0 Å². The monoisotopic (exact) mass is 335 g/mol. The normalized spacial score (nSPS) is 13.2. The predicted octanol–water partition coefficient (Wildman–Crippen LogP) is 4.43. The lowest BCUT2D eigenvalue weighted by molar-refractivity contribution is -0.148. The molecule has 3 aromatic rings. The second-order valence-electron chi connectivity index (χ2n) is 6.07. The van der Waals surface area contributed by atoms with Gasteiger partial charge in [-0.1, -0.05) is 42.5 Å². The number of methoxy groups -OCH3 is 1. The van der Waals surface area contributed by atoms with Crippen LogP contribution >= 0.6 is 0 Å². The minimum Gasteiger partial charge on any atom is -0.469 e. The second-order valence-corrected chi connectivity index (χ2v) is 6.07. The molecule has 3 rings (SSSR count). The number of benzene rings is 3. The van der Waals surface area contributed by atoms with Gasteiger partial charge in [-0.15, -0.1) is 0 Å². The molecule has 4 nitrogen and oxygen atoms in total. The number of rotatable bonds is 5. The van der Waals surface area contributed by atoms with E-state index < -0.39 is 18.0 Å². The number of ether oxygens (including phenoxy) is 1. The van der Waals surface area contributed by atoms with Crippen molar-refractivity contribution in [3.8, 4) is 0 Å². The second kappa shape index (κ2) is 7.36. The third-order valence-corrected chi connectivity index (χ3v) is 4.34. The molecule has 128 valence electrons. The van der Waals surface area contributed by atoms with Gasteiger partial charge < -0.3 is 15.2 Å². The first-order chi connectivity index (χ1) is 12.1. The van der Waals surface area contributed by atoms with Gasteiger partial charge in [0.2, 0.25) is 0 Å². The molecule has 3 aromatic carbocycles. The molecule has 0 radical (unpaired) electrons. The summed E-state index contributed by atoms with van der Waals surface area (Å²) in [5.41, 5.74) is 2.59. The van der Waals surface area contributed by atoms with Crippen molar-refractivity contribution < 1.29 is 14.6 Å². The van der Waals surface area contributed by atoms with Crippen molar-refractivity contribution in [2.24, 2.45) is 5.92 Å². The highest BCUT2D eigenvalue weighted by Crippen LogP contribution is 2.26. The highest BCUT2D eigenvalue weighted by Gasteiger charge is 2.24. The van der Waals surface area contributed by atoms with Gasteiger partial charge in [0.1, 0.15) is 0 Å². The van der Waals surface area contributed by atoms with Gasteiger partial charge >= 0.3 is 5.97 Å². The van der Waals surface area contributed by atoms with E-state index in [0.717, 1.165) is 11.4 Å². The van der Waals surface area contributed by atoms with Crippen molar-refractivity contribution in [1.29, 1.82) is 0 Å². The molecule has 2 atom stereocenters. The summed E-state index contributed by atoms with van der Waals surface area (Å²) >= 11 is 0. The van der Waals surface area contributed by atoms with Crippen molar-refractivity contribution >= 4 is 28.1 Å². The molecule has 0 heterocycles. The first-order valence-electron chi connectivity index (χ1n) is 8.20. The smallest absolute Gasteiger partial charge is 0.311 e. The van der Waals surface area contributed by atoms with Crippen LogP contribution in [-0.2, 0) is 9.53 Å². The van der Waals surface area contributed by atoms with Crippen molar-refractivity contribution in [3.05, 3.63) is 72.3 Å². The largest absolute Gasteiger partial charge is 0.469 e. The van der Waals surface area contributed by atoms with Crippen LogP contribution in [0.4, 0.5) is 11.4 Å². The maximum atomic E-state index is 11.5. The molecule has 25 heavy (non-hydrogen) atoms. The van der Waals surface area contributed by atoms with Gasteiger partial charge in [-0.2, -0.15) is 0 Å². The summed E-state index contributed by atoms with van der Waals surface area (Å²) in [5, 5.41) is 16.0. The third kappa shape index (κ3) is 3.80. The Morgan fingerprint density at radius 1 is 0.960 bits per heavy atom. The van der Waals surface area contributed by atoms with Gasteiger partial charge in [0.05, 0.1) is 19.1 Å². The van der Waals surface area contributed by atoms with Gasteiger partial charge in [-0.3, -0.25) is 4.79 Å². The zero-order valence-electron chi connectivity index (χ0n) is 14.3. The molecule has 0 saturated carbocycles. The maximum Gasteiger partial charge on any atom is 0.311 e. The fourth-order valence-electron chi connectivity index (χ4n) is 2.80. The Hall–Kier alpha value is -2.85. The highest BCUT2D eigenvalue weighted by atomic mass is 16.5. The van der Waals surface area contributed by atoms with Crippen LogP contribution in [-0.4, -0.2) is 18.2 Å². The number of carbonyl (C=O) groups is 1. The zero-order chi connectivity index (χ0) is 17.8. The van der Waals surface area contributed by atoms with Crippen LogP contribution < -0.4 is 5.32 Å². The number of esters is 1. The molecule has 2 N–H and O–H groups in total. The van der Waals surface area contributed by atoms with E-state index in [4.69, 9.17) is 0 Å². The minimum atomic E-state index is -0.887. The Labute approximate surface area is 147 Å². The van der Waals surface area contributed by atoms with Gasteiger partial charge in [0.15, 0.2) is 0 Å². The number of aliphatic hydroxyl groups is 1. The number of nitrogens with one attached hydrogen (secondary N) is 1. The molecular formula is C21H21NO3. The van der Waals surface area contributed by atoms with E-state index in [9.17, 15) is 9.90 Å². The fourth-order valence-corrected chi connectivity index (χ4v) is 2.80. The Bertz CT molecular complexity index is 874. The Balaban J connectivity index is 1.74. The fraction of sp³-hybridized carbons (Fsp3) is 0.190. The number of hydrogen-bond acceptors (Lipinski definition) is 4. The van der Waals surface area contributed by atoms with E-state index in [1.54, 1.807) is 6.92 Å². The standard InChI is InChI=1S/C21H21NO3/c1-14(21(24)25-2)20(23)16-8-10-18(11-9-16)22-19-12-7-15-5-3-4-6-17(15)13-19/h3-14,20,22-23H,1-2H3/t14-,20-/m1/s1. The summed E-state index contributed by atoms with van der Waals surface area (Å²) in [4.78, 5) is 11.5. The molecule has 0 bridgehead atoms. The van der Waals surface area contributed by atoms with Gasteiger partial charge in [0.25, 0.3) is 0 Å².